The van der Waals surface area contributed by atoms with E-state index in [2.05, 4.69) is 27.3 Å². The molecule has 0 aromatic heterocycles. The van der Waals surface area contributed by atoms with Crippen LogP contribution >= 0.6 is 7.60 Å². The van der Waals surface area contributed by atoms with E-state index >= 15 is 0 Å². The fourth-order valence-electron chi connectivity index (χ4n) is 5.33. The second-order valence-corrected chi connectivity index (χ2v) is 14.0. The van der Waals surface area contributed by atoms with Gasteiger partial charge in [0.2, 0.25) is 23.6 Å². The van der Waals surface area contributed by atoms with E-state index in [9.17, 15) is 43.1 Å². The largest absolute Gasteiger partial charge is 0.474 e. The first-order valence-electron chi connectivity index (χ1n) is 16.4. The van der Waals surface area contributed by atoms with Gasteiger partial charge in [0.15, 0.2) is 0 Å². The number of amides is 5. The summed E-state index contributed by atoms with van der Waals surface area (Å²) in [6.45, 7) is 3.65. The molecule has 16 heteroatoms. The zero-order chi connectivity index (χ0) is 37.7. The van der Waals surface area contributed by atoms with Gasteiger partial charge in [0.05, 0.1) is 12.6 Å². The number of benzene rings is 3. The van der Waals surface area contributed by atoms with Gasteiger partial charge in [0.1, 0.15) is 18.1 Å². The molecule has 0 radical (unpaired) electrons. The second kappa shape index (κ2) is 18.8. The highest BCUT2D eigenvalue weighted by Gasteiger charge is 2.33. The first-order chi connectivity index (χ1) is 24.1. The summed E-state index contributed by atoms with van der Waals surface area (Å²) in [5, 5.41) is 21.3. The number of aryl methyl sites for hydroxylation is 1. The van der Waals surface area contributed by atoms with Crippen molar-refractivity contribution >= 4 is 53.9 Å². The highest BCUT2D eigenvalue weighted by atomic mass is 31.2. The van der Waals surface area contributed by atoms with E-state index in [4.69, 9.17) is 10.8 Å². The first kappa shape index (κ1) is 40.3. The van der Waals surface area contributed by atoms with Crippen molar-refractivity contribution < 1.29 is 48.2 Å². The van der Waals surface area contributed by atoms with Crippen LogP contribution in [0.15, 0.2) is 66.7 Å². The van der Waals surface area contributed by atoms with Gasteiger partial charge in [0, 0.05) is 13.0 Å². The molecule has 4 atom stereocenters. The van der Waals surface area contributed by atoms with Crippen LogP contribution < -0.4 is 27.0 Å². The van der Waals surface area contributed by atoms with Gasteiger partial charge in [-0.2, -0.15) is 0 Å². The van der Waals surface area contributed by atoms with Crippen molar-refractivity contribution in [2.24, 2.45) is 11.7 Å². The molecule has 4 unspecified atom stereocenters. The van der Waals surface area contributed by atoms with Crippen molar-refractivity contribution in [3.05, 3.63) is 83.4 Å². The number of hydrogen-bond donors (Lipinski definition) is 8. The van der Waals surface area contributed by atoms with Crippen LogP contribution in [0.1, 0.15) is 49.8 Å². The average molecular weight is 726 g/mol. The average Bonchev–Trinajstić information content (AvgIpc) is 3.07. The van der Waals surface area contributed by atoms with E-state index in [1.807, 2.05) is 36.4 Å². The van der Waals surface area contributed by atoms with Crippen molar-refractivity contribution in [2.45, 2.75) is 70.2 Å². The number of nitrogens with one attached hydrogen (secondary N) is 4. The molecule has 3 aromatic rings. The molecule has 3 aromatic carbocycles. The maximum absolute atomic E-state index is 13.6. The lowest BCUT2D eigenvalue weighted by Gasteiger charge is -2.28. The molecular weight excluding hydrogens is 681 g/mol. The lowest BCUT2D eigenvalue weighted by molar-refractivity contribution is -0.151. The quantitative estimate of drug-likeness (QED) is 0.0529. The normalized spacial score (nSPS) is 13.6. The lowest BCUT2D eigenvalue weighted by atomic mass is 9.96. The van der Waals surface area contributed by atoms with Crippen molar-refractivity contribution in [3.63, 3.8) is 0 Å². The lowest BCUT2D eigenvalue weighted by Crippen LogP contribution is -2.59. The molecule has 15 nitrogen and oxygen atoms in total. The van der Waals surface area contributed by atoms with Gasteiger partial charge in [-0.25, -0.2) is 4.79 Å². The standard InChI is InChI=1S/C35H44N5O10P/c1-3-21(2)30(40-32(43)27(39-34(45)35(46)47)18-23-10-12-24(13-11-23)20-51(48,49)50)33(44)38-28(19-29(36)41)31(42)37-16-6-7-22-14-15-25-8-4-5-9-26(25)17-22/h4-5,8-15,17,21,27-28,30H,3,6-7,16,18-20H2,1-2H3,(H2,36,41)(H,37,42)(H,38,44)(H,39,45)(H,40,43)(H,46,47)(H2,48,49,50). The third kappa shape index (κ3) is 13.3. The summed E-state index contributed by atoms with van der Waals surface area (Å²) < 4.78 is 11.3. The van der Waals surface area contributed by atoms with Crippen LogP contribution in [0.25, 0.3) is 10.8 Å². The van der Waals surface area contributed by atoms with E-state index < -0.39 is 79.7 Å². The molecule has 0 heterocycles. The van der Waals surface area contributed by atoms with E-state index in [0.717, 1.165) is 16.3 Å². The van der Waals surface area contributed by atoms with E-state index in [1.165, 1.54) is 24.3 Å². The van der Waals surface area contributed by atoms with E-state index in [-0.39, 0.29) is 13.0 Å². The van der Waals surface area contributed by atoms with Gasteiger partial charge in [-0.1, -0.05) is 87.0 Å². The smallest absolute Gasteiger partial charge is 0.394 e. The topological polar surface area (TPSA) is 254 Å². The Balaban J connectivity index is 1.69. The minimum absolute atomic E-state index is 0.234. The molecule has 0 aliphatic heterocycles. The van der Waals surface area contributed by atoms with Crippen LogP contribution in [0, 0.1) is 5.92 Å². The van der Waals surface area contributed by atoms with Crippen LogP contribution in [0.5, 0.6) is 0 Å². The molecule has 0 fully saturated rings. The Morgan fingerprint density at radius 1 is 0.784 bits per heavy atom. The number of nitrogens with two attached hydrogens (primary N) is 1. The number of carbonyl (C=O) groups is 6. The van der Waals surface area contributed by atoms with Crippen molar-refractivity contribution in [2.75, 3.05) is 6.54 Å². The Hall–Kier alpha value is -5.11. The summed E-state index contributed by atoms with van der Waals surface area (Å²) in [6, 6.07) is 15.7. The second-order valence-electron chi connectivity index (χ2n) is 12.4. The number of carbonyl (C=O) groups excluding carboxylic acids is 5. The predicted octanol–water partition coefficient (Wildman–Crippen LogP) is 1.27. The zero-order valence-corrected chi connectivity index (χ0v) is 29.2. The van der Waals surface area contributed by atoms with Gasteiger partial charge in [-0.05, 0) is 46.2 Å². The summed E-state index contributed by atoms with van der Waals surface area (Å²) in [4.78, 5) is 93.9. The Bertz CT molecular complexity index is 1780. The third-order valence-electron chi connectivity index (χ3n) is 8.25. The number of carboxylic acid groups (broad SMARTS) is 1. The number of hydrogen-bond acceptors (Lipinski definition) is 7. The molecule has 3 rings (SSSR count). The van der Waals surface area contributed by atoms with Crippen molar-refractivity contribution in [3.8, 4) is 0 Å². The summed E-state index contributed by atoms with van der Waals surface area (Å²) in [6.07, 6.45) is 0.353. The molecule has 0 saturated carbocycles. The van der Waals surface area contributed by atoms with Gasteiger partial charge < -0.3 is 41.9 Å². The van der Waals surface area contributed by atoms with Crippen LogP contribution in [-0.2, 0) is 52.3 Å². The summed E-state index contributed by atoms with van der Waals surface area (Å²) in [7, 11) is -4.34. The predicted molar refractivity (Wildman–Crippen MR) is 188 cm³/mol. The van der Waals surface area contributed by atoms with Crippen LogP contribution in [-0.4, -0.2) is 75.1 Å². The summed E-state index contributed by atoms with van der Waals surface area (Å²) in [5.74, 6) is -7.05. The Labute approximate surface area is 294 Å². The number of carboxylic acids is 1. The highest BCUT2D eigenvalue weighted by molar-refractivity contribution is 7.50. The summed E-state index contributed by atoms with van der Waals surface area (Å²) >= 11 is 0. The van der Waals surface area contributed by atoms with Crippen molar-refractivity contribution in [1.29, 1.82) is 0 Å². The Morgan fingerprint density at radius 3 is 2.02 bits per heavy atom. The number of fused-ring (bicyclic) bond motifs is 1. The molecule has 274 valence electrons. The van der Waals surface area contributed by atoms with Crippen LogP contribution in [0.2, 0.25) is 0 Å². The number of aliphatic carboxylic acids is 1. The molecular formula is C35H44N5O10P. The maximum atomic E-state index is 13.6. The zero-order valence-electron chi connectivity index (χ0n) is 28.3. The van der Waals surface area contributed by atoms with Gasteiger partial charge in [-0.3, -0.25) is 28.5 Å². The third-order valence-corrected chi connectivity index (χ3v) is 9.03. The summed E-state index contributed by atoms with van der Waals surface area (Å²) in [5.41, 5.74) is 7.19. The van der Waals surface area contributed by atoms with E-state index in [1.54, 1.807) is 13.8 Å². The van der Waals surface area contributed by atoms with Crippen LogP contribution in [0.3, 0.4) is 0 Å². The fraction of sp³-hybridized carbons (Fsp3) is 0.371. The Kier molecular flexibility index (Phi) is 14.8. The maximum Gasteiger partial charge on any atom is 0.394 e. The van der Waals surface area contributed by atoms with Gasteiger partial charge >= 0.3 is 19.5 Å². The highest BCUT2D eigenvalue weighted by Crippen LogP contribution is 2.39. The fourth-order valence-corrected chi connectivity index (χ4v) is 6.02. The Morgan fingerprint density at radius 2 is 1.41 bits per heavy atom. The van der Waals surface area contributed by atoms with E-state index in [0.29, 0.717) is 30.4 Å². The molecule has 51 heavy (non-hydrogen) atoms. The molecule has 5 amide bonds. The number of rotatable bonds is 18. The number of primary amides is 1. The monoisotopic (exact) mass is 725 g/mol. The molecule has 0 spiro atoms. The van der Waals surface area contributed by atoms with Crippen molar-refractivity contribution in [1.82, 2.24) is 21.3 Å². The molecule has 0 bridgehead atoms. The molecule has 0 saturated heterocycles. The SMILES string of the molecule is CCC(C)C(NC(=O)C(Cc1ccc(CP(=O)(O)O)cc1)NC(=O)C(=O)O)C(=O)NC(CC(N)=O)C(=O)NCCCc1ccc2ccccc2c1. The molecule has 0 aliphatic rings. The van der Waals surface area contributed by atoms with Gasteiger partial charge in [0.25, 0.3) is 0 Å². The minimum Gasteiger partial charge on any atom is -0.474 e. The molecule has 0 aliphatic carbocycles. The molecule has 9 N–H and O–H groups in total. The first-order valence-corrected chi connectivity index (χ1v) is 18.2. The van der Waals surface area contributed by atoms with Crippen LogP contribution in [0.4, 0.5) is 0 Å². The minimum atomic E-state index is -4.34. The van der Waals surface area contributed by atoms with Gasteiger partial charge in [-0.15, -0.1) is 0 Å².